The van der Waals surface area contributed by atoms with Crippen molar-refractivity contribution in [3.05, 3.63) is 84.9 Å². The summed E-state index contributed by atoms with van der Waals surface area (Å²) in [6.45, 7) is 0. The van der Waals surface area contributed by atoms with Crippen LogP contribution in [-0.2, 0) is 0 Å². The van der Waals surface area contributed by atoms with E-state index < -0.39 is 4.92 Å². The largest absolute Gasteiger partial charge is 0.311 e. The third-order valence-electron chi connectivity index (χ3n) is 4.10. The van der Waals surface area contributed by atoms with Gasteiger partial charge in [0, 0.05) is 12.1 Å². The molecule has 0 saturated carbocycles. The van der Waals surface area contributed by atoms with Crippen molar-refractivity contribution in [1.82, 2.24) is 4.98 Å². The fourth-order valence-electron chi connectivity index (χ4n) is 2.71. The normalized spacial score (nSPS) is 11.1. The van der Waals surface area contributed by atoms with Gasteiger partial charge in [0.1, 0.15) is 21.8 Å². The number of allylic oxidation sites excluding steroid dienone is 1. The number of carbonyl (C=O) groups excluding carboxylic acids is 1. The summed E-state index contributed by atoms with van der Waals surface area (Å²) in [5.41, 5.74) is 1.29. The number of nitro groups is 1. The molecule has 0 radical (unpaired) electrons. The Bertz CT molecular complexity index is 1320. The molecule has 0 aliphatic heterocycles. The molecule has 0 atom stereocenters. The molecule has 0 aliphatic rings. The van der Waals surface area contributed by atoms with Gasteiger partial charge < -0.3 is 5.32 Å². The Morgan fingerprint density at radius 3 is 2.65 bits per heavy atom. The Morgan fingerprint density at radius 2 is 1.97 bits per heavy atom. The maximum Gasteiger partial charge on any atom is 0.270 e. The van der Waals surface area contributed by atoms with Crippen molar-refractivity contribution in [1.29, 1.82) is 5.26 Å². The highest BCUT2D eigenvalue weighted by Crippen LogP contribution is 2.38. The average Bonchev–Trinajstić information content (AvgIpc) is 3.53. The summed E-state index contributed by atoms with van der Waals surface area (Å²) in [6.07, 6.45) is 1.55. The van der Waals surface area contributed by atoms with Gasteiger partial charge in [-0.1, -0.05) is 35.6 Å². The molecule has 152 valence electrons. The summed E-state index contributed by atoms with van der Waals surface area (Å²) >= 11 is 4.00. The molecular formula is C21H12N4O3S3. The minimum atomic E-state index is -0.486. The molecule has 4 aromatic rings. The molecule has 31 heavy (non-hydrogen) atoms. The molecule has 3 heterocycles. The molecule has 0 saturated heterocycles. The number of aromatic nitrogens is 1. The lowest BCUT2D eigenvalue weighted by atomic mass is 10.1. The van der Waals surface area contributed by atoms with E-state index >= 15 is 0 Å². The molecule has 1 aromatic carbocycles. The quantitative estimate of drug-likeness (QED) is 0.209. The van der Waals surface area contributed by atoms with Crippen LogP contribution in [0.25, 0.3) is 22.2 Å². The molecule has 0 aliphatic carbocycles. The number of carbonyl (C=O) groups is 1. The van der Waals surface area contributed by atoms with E-state index in [4.69, 9.17) is 0 Å². The maximum absolute atomic E-state index is 12.6. The van der Waals surface area contributed by atoms with Crippen LogP contribution in [0.2, 0.25) is 0 Å². The zero-order valence-corrected chi connectivity index (χ0v) is 18.1. The second-order valence-electron chi connectivity index (χ2n) is 6.13. The number of thiazole rings is 1. The molecular weight excluding hydrogens is 452 g/mol. The number of amides is 1. The van der Waals surface area contributed by atoms with E-state index in [1.54, 1.807) is 30.3 Å². The number of nitriles is 1. The van der Waals surface area contributed by atoms with Gasteiger partial charge >= 0.3 is 0 Å². The molecule has 7 nitrogen and oxygen atoms in total. The molecule has 4 rings (SSSR count). The molecule has 0 spiro atoms. The molecule has 1 N–H and O–H groups in total. The fraction of sp³-hybridized carbons (Fsp3) is 0. The SMILES string of the molecule is N#C/C(=C\c1cccc([N+](=O)[O-])c1)c1nc(-c2cccs2)c(NC(=O)c2cccs2)s1. The number of thiophene rings is 2. The van der Waals surface area contributed by atoms with E-state index in [2.05, 4.69) is 16.4 Å². The third-order valence-corrected chi connectivity index (χ3v) is 6.85. The van der Waals surface area contributed by atoms with Crippen molar-refractivity contribution in [2.75, 3.05) is 5.32 Å². The predicted octanol–water partition coefficient (Wildman–Crippen LogP) is 6.16. The molecule has 1 amide bonds. The van der Waals surface area contributed by atoms with Gasteiger partial charge in [0.15, 0.2) is 0 Å². The first-order chi connectivity index (χ1) is 15.0. The number of rotatable bonds is 6. The van der Waals surface area contributed by atoms with E-state index in [-0.39, 0.29) is 17.2 Å². The Morgan fingerprint density at radius 1 is 1.16 bits per heavy atom. The minimum Gasteiger partial charge on any atom is -0.311 e. The van der Waals surface area contributed by atoms with Crippen LogP contribution in [0.5, 0.6) is 0 Å². The Labute approximate surface area is 188 Å². The molecule has 0 bridgehead atoms. The highest BCUT2D eigenvalue weighted by Gasteiger charge is 2.19. The van der Waals surface area contributed by atoms with Crippen molar-refractivity contribution in [3.63, 3.8) is 0 Å². The van der Waals surface area contributed by atoms with Gasteiger partial charge in [0.05, 0.1) is 20.3 Å². The molecule has 0 fully saturated rings. The van der Waals surface area contributed by atoms with Crippen LogP contribution in [0.4, 0.5) is 10.7 Å². The van der Waals surface area contributed by atoms with Crippen molar-refractivity contribution in [2.24, 2.45) is 0 Å². The lowest BCUT2D eigenvalue weighted by molar-refractivity contribution is -0.384. The number of non-ortho nitro benzene ring substituents is 1. The summed E-state index contributed by atoms with van der Waals surface area (Å²) in [4.78, 5) is 29.2. The van der Waals surface area contributed by atoms with Crippen LogP contribution in [0.15, 0.2) is 59.3 Å². The van der Waals surface area contributed by atoms with Crippen LogP contribution < -0.4 is 5.32 Å². The number of anilines is 1. The van der Waals surface area contributed by atoms with Crippen molar-refractivity contribution < 1.29 is 9.72 Å². The van der Waals surface area contributed by atoms with Crippen LogP contribution in [0.3, 0.4) is 0 Å². The van der Waals surface area contributed by atoms with Gasteiger partial charge in [0.25, 0.3) is 11.6 Å². The second kappa shape index (κ2) is 9.01. The number of hydrogen-bond donors (Lipinski definition) is 1. The van der Waals surface area contributed by atoms with E-state index in [0.29, 0.717) is 26.1 Å². The Hall–Kier alpha value is -3.65. The summed E-state index contributed by atoms with van der Waals surface area (Å²) in [5, 5.41) is 28.3. The standard InChI is InChI=1S/C21H12N4O3S3/c22-12-14(10-13-4-1-5-15(11-13)25(27)28)20-23-18(16-6-2-8-29-16)21(31-20)24-19(26)17-7-3-9-30-17/h1-11H,(H,24,26)/b14-10+. The van der Waals surface area contributed by atoms with Crippen molar-refractivity contribution in [2.45, 2.75) is 0 Å². The lowest BCUT2D eigenvalue weighted by Crippen LogP contribution is -2.09. The van der Waals surface area contributed by atoms with Gasteiger partial charge in [-0.05, 0) is 34.5 Å². The number of nitro benzene ring substituents is 1. The third kappa shape index (κ3) is 4.59. The fourth-order valence-corrected chi connectivity index (χ4v) is 5.05. The number of benzene rings is 1. The summed E-state index contributed by atoms with van der Waals surface area (Å²) < 4.78 is 0. The monoisotopic (exact) mass is 464 g/mol. The van der Waals surface area contributed by atoms with E-state index in [0.717, 1.165) is 4.88 Å². The highest BCUT2D eigenvalue weighted by molar-refractivity contribution is 7.19. The van der Waals surface area contributed by atoms with E-state index in [1.807, 2.05) is 22.9 Å². The minimum absolute atomic E-state index is 0.0617. The first-order valence-electron chi connectivity index (χ1n) is 8.81. The van der Waals surface area contributed by atoms with Gasteiger partial charge in [-0.3, -0.25) is 14.9 Å². The van der Waals surface area contributed by atoms with Gasteiger partial charge in [0.2, 0.25) is 0 Å². The average molecular weight is 465 g/mol. The summed E-state index contributed by atoms with van der Waals surface area (Å²) in [5.74, 6) is -0.246. The maximum atomic E-state index is 12.6. The van der Waals surface area contributed by atoms with Crippen molar-refractivity contribution in [3.8, 4) is 16.6 Å². The highest BCUT2D eigenvalue weighted by atomic mass is 32.1. The van der Waals surface area contributed by atoms with Crippen LogP contribution in [-0.4, -0.2) is 15.8 Å². The second-order valence-corrected chi connectivity index (χ2v) is 9.02. The topological polar surface area (TPSA) is 109 Å². The molecule has 0 unspecified atom stereocenters. The lowest BCUT2D eigenvalue weighted by Gasteiger charge is -2.02. The summed E-state index contributed by atoms with van der Waals surface area (Å²) in [7, 11) is 0. The zero-order chi connectivity index (χ0) is 21.8. The van der Waals surface area contributed by atoms with Gasteiger partial charge in [-0.2, -0.15) is 5.26 Å². The van der Waals surface area contributed by atoms with Crippen LogP contribution in [0, 0.1) is 21.4 Å². The smallest absolute Gasteiger partial charge is 0.270 e. The predicted molar refractivity (Wildman–Crippen MR) is 124 cm³/mol. The Kier molecular flexibility index (Phi) is 5.99. The van der Waals surface area contributed by atoms with Gasteiger partial charge in [-0.25, -0.2) is 4.98 Å². The first kappa shape index (κ1) is 20.6. The van der Waals surface area contributed by atoms with Crippen LogP contribution in [0.1, 0.15) is 20.2 Å². The first-order valence-corrected chi connectivity index (χ1v) is 11.4. The van der Waals surface area contributed by atoms with E-state index in [9.17, 15) is 20.2 Å². The van der Waals surface area contributed by atoms with Crippen molar-refractivity contribution >= 4 is 62.3 Å². The molecule has 10 heteroatoms. The summed E-state index contributed by atoms with van der Waals surface area (Å²) in [6, 6.07) is 15.4. The van der Waals surface area contributed by atoms with E-state index in [1.165, 1.54) is 46.1 Å². The number of hydrogen-bond acceptors (Lipinski definition) is 8. The zero-order valence-electron chi connectivity index (χ0n) is 15.6. The molecule has 3 aromatic heterocycles. The number of nitrogens with one attached hydrogen (secondary N) is 1. The van der Waals surface area contributed by atoms with Crippen LogP contribution >= 0.6 is 34.0 Å². The number of nitrogens with zero attached hydrogens (tertiary/aromatic N) is 3. The van der Waals surface area contributed by atoms with Gasteiger partial charge in [-0.15, -0.1) is 22.7 Å². The Balaban J connectivity index is 1.74.